The summed E-state index contributed by atoms with van der Waals surface area (Å²) in [7, 11) is 0. The largest absolute Gasteiger partial charge is 0.366 e. The van der Waals surface area contributed by atoms with Gasteiger partial charge in [0.05, 0.1) is 5.69 Å². The zero-order chi connectivity index (χ0) is 14.5. The number of rotatable bonds is 6. The lowest BCUT2D eigenvalue weighted by Crippen LogP contribution is -2.12. The van der Waals surface area contributed by atoms with E-state index in [0.717, 1.165) is 41.5 Å². The number of hydrazine groups is 1. The van der Waals surface area contributed by atoms with Gasteiger partial charge in [-0.05, 0) is 20.3 Å². The van der Waals surface area contributed by atoms with Crippen molar-refractivity contribution in [3.63, 3.8) is 0 Å². The van der Waals surface area contributed by atoms with Gasteiger partial charge in [-0.2, -0.15) is 0 Å². The highest BCUT2D eigenvalue weighted by Gasteiger charge is 2.09. The fraction of sp³-hybridized carbons (Fsp3) is 0.462. The van der Waals surface area contributed by atoms with Crippen LogP contribution in [0, 0.1) is 13.8 Å². The minimum absolute atomic E-state index is 0.602. The molecule has 0 saturated heterocycles. The molecule has 0 fully saturated rings. The molecule has 2 rings (SSSR count). The first kappa shape index (κ1) is 14.3. The zero-order valence-corrected chi connectivity index (χ0v) is 12.0. The van der Waals surface area contributed by atoms with Crippen molar-refractivity contribution in [2.24, 2.45) is 5.84 Å². The van der Waals surface area contributed by atoms with Crippen molar-refractivity contribution >= 4 is 11.6 Å². The van der Waals surface area contributed by atoms with Crippen LogP contribution < -0.4 is 16.6 Å². The van der Waals surface area contributed by atoms with Crippen LogP contribution in [0.25, 0.3) is 0 Å². The summed E-state index contributed by atoms with van der Waals surface area (Å²) < 4.78 is 5.14. The van der Waals surface area contributed by atoms with Gasteiger partial charge in [0.1, 0.15) is 23.2 Å². The maximum Gasteiger partial charge on any atom is 0.145 e. The van der Waals surface area contributed by atoms with Gasteiger partial charge in [-0.1, -0.05) is 12.1 Å². The molecule has 0 unspecified atom stereocenters. The van der Waals surface area contributed by atoms with Crippen LogP contribution in [0.15, 0.2) is 10.6 Å². The number of hydrogen-bond donors (Lipinski definition) is 3. The number of nitrogens with two attached hydrogens (primary N) is 1. The lowest BCUT2D eigenvalue weighted by atomic mass is 10.2. The van der Waals surface area contributed by atoms with E-state index in [2.05, 4.69) is 32.8 Å². The number of aryl methyl sites for hydroxylation is 3. The van der Waals surface area contributed by atoms with Crippen molar-refractivity contribution in [1.82, 2.24) is 15.1 Å². The molecule has 0 aliphatic carbocycles. The van der Waals surface area contributed by atoms with Gasteiger partial charge in [0.25, 0.3) is 0 Å². The monoisotopic (exact) mass is 276 g/mol. The van der Waals surface area contributed by atoms with E-state index in [1.165, 1.54) is 0 Å². The summed E-state index contributed by atoms with van der Waals surface area (Å²) in [6.07, 6.45) is 1.80. The standard InChI is InChI=1S/C13H20N6O/c1-4-5-11-16-12(6-13(17-11)18-14)15-7-10-8(2)19-20-9(10)3/h6H,4-5,7,14H2,1-3H3,(H2,15,16,17,18). The molecule has 0 saturated carbocycles. The average Bonchev–Trinajstić information content (AvgIpc) is 2.76. The highest BCUT2D eigenvalue weighted by atomic mass is 16.5. The number of hydrogen-bond acceptors (Lipinski definition) is 7. The van der Waals surface area contributed by atoms with E-state index in [-0.39, 0.29) is 0 Å². The number of nitrogens with one attached hydrogen (secondary N) is 2. The smallest absolute Gasteiger partial charge is 0.145 e. The molecule has 0 aliphatic heterocycles. The highest BCUT2D eigenvalue weighted by Crippen LogP contribution is 2.16. The minimum atomic E-state index is 0.602. The predicted molar refractivity (Wildman–Crippen MR) is 77.1 cm³/mol. The van der Waals surface area contributed by atoms with Gasteiger partial charge < -0.3 is 15.3 Å². The second-order valence-corrected chi connectivity index (χ2v) is 4.61. The van der Waals surface area contributed by atoms with E-state index >= 15 is 0 Å². The van der Waals surface area contributed by atoms with Crippen molar-refractivity contribution < 1.29 is 4.52 Å². The van der Waals surface area contributed by atoms with Crippen molar-refractivity contribution in [2.45, 2.75) is 40.2 Å². The number of anilines is 2. The van der Waals surface area contributed by atoms with Crippen LogP contribution in [0.2, 0.25) is 0 Å². The lowest BCUT2D eigenvalue weighted by Gasteiger charge is -2.09. The molecule has 0 aliphatic rings. The molecule has 2 aromatic heterocycles. The highest BCUT2D eigenvalue weighted by molar-refractivity contribution is 5.47. The van der Waals surface area contributed by atoms with Crippen LogP contribution in [-0.2, 0) is 13.0 Å². The predicted octanol–water partition coefficient (Wildman–Crippen LogP) is 1.93. The van der Waals surface area contributed by atoms with Gasteiger partial charge in [-0.25, -0.2) is 15.8 Å². The molecule has 0 atom stereocenters. The van der Waals surface area contributed by atoms with Crippen LogP contribution in [-0.4, -0.2) is 15.1 Å². The minimum Gasteiger partial charge on any atom is -0.366 e. The van der Waals surface area contributed by atoms with Crippen molar-refractivity contribution in [3.05, 3.63) is 28.9 Å². The first-order valence-electron chi connectivity index (χ1n) is 6.64. The molecule has 0 aromatic carbocycles. The van der Waals surface area contributed by atoms with Gasteiger partial charge in [-0.15, -0.1) is 0 Å². The number of nitrogen functional groups attached to an aromatic ring is 1. The van der Waals surface area contributed by atoms with E-state index in [9.17, 15) is 0 Å². The average molecular weight is 276 g/mol. The van der Waals surface area contributed by atoms with Crippen LogP contribution in [0.1, 0.15) is 36.2 Å². The van der Waals surface area contributed by atoms with Crippen LogP contribution in [0.3, 0.4) is 0 Å². The van der Waals surface area contributed by atoms with Gasteiger partial charge in [0.2, 0.25) is 0 Å². The summed E-state index contributed by atoms with van der Waals surface area (Å²) in [6, 6.07) is 1.78. The molecule has 7 nitrogen and oxygen atoms in total. The summed E-state index contributed by atoms with van der Waals surface area (Å²) in [4.78, 5) is 8.76. The molecule has 2 aromatic rings. The van der Waals surface area contributed by atoms with E-state index < -0.39 is 0 Å². The molecule has 0 spiro atoms. The van der Waals surface area contributed by atoms with E-state index in [0.29, 0.717) is 12.4 Å². The van der Waals surface area contributed by atoms with Crippen molar-refractivity contribution in [1.29, 1.82) is 0 Å². The molecular weight excluding hydrogens is 256 g/mol. The third kappa shape index (κ3) is 3.24. The summed E-state index contributed by atoms with van der Waals surface area (Å²) in [5.74, 6) is 8.35. The topological polar surface area (TPSA) is 102 Å². The third-order valence-corrected chi connectivity index (χ3v) is 3.02. The Morgan fingerprint density at radius 3 is 2.60 bits per heavy atom. The van der Waals surface area contributed by atoms with E-state index in [1.54, 1.807) is 6.07 Å². The summed E-state index contributed by atoms with van der Waals surface area (Å²) in [6.45, 7) is 6.51. The maximum absolute atomic E-state index is 5.43. The normalized spacial score (nSPS) is 10.6. The zero-order valence-electron chi connectivity index (χ0n) is 12.0. The first-order valence-corrected chi connectivity index (χ1v) is 6.64. The SMILES string of the molecule is CCCc1nc(NN)cc(NCc2c(C)noc2C)n1. The number of nitrogens with zero attached hydrogens (tertiary/aromatic N) is 3. The Morgan fingerprint density at radius 2 is 2.00 bits per heavy atom. The van der Waals surface area contributed by atoms with Gasteiger partial charge in [0.15, 0.2) is 0 Å². The quantitative estimate of drug-likeness (QED) is 0.547. The first-order chi connectivity index (χ1) is 9.63. The summed E-state index contributed by atoms with van der Waals surface area (Å²) >= 11 is 0. The van der Waals surface area contributed by atoms with E-state index in [4.69, 9.17) is 10.4 Å². The van der Waals surface area contributed by atoms with Crippen molar-refractivity contribution in [3.8, 4) is 0 Å². The van der Waals surface area contributed by atoms with Gasteiger partial charge in [0, 0.05) is 24.6 Å². The molecule has 2 heterocycles. The summed E-state index contributed by atoms with van der Waals surface area (Å²) in [5, 5.41) is 7.18. The van der Waals surface area contributed by atoms with E-state index in [1.807, 2.05) is 13.8 Å². The molecular formula is C13H20N6O. The Hall–Kier alpha value is -2.15. The lowest BCUT2D eigenvalue weighted by molar-refractivity contribution is 0.392. The molecule has 7 heteroatoms. The Kier molecular flexibility index (Phi) is 4.52. The Labute approximate surface area is 117 Å². The molecule has 4 N–H and O–H groups in total. The maximum atomic E-state index is 5.43. The van der Waals surface area contributed by atoms with Crippen LogP contribution in [0.5, 0.6) is 0 Å². The second kappa shape index (κ2) is 6.33. The molecule has 0 amide bonds. The van der Waals surface area contributed by atoms with Crippen molar-refractivity contribution in [2.75, 3.05) is 10.7 Å². The Bertz CT molecular complexity index is 561. The second-order valence-electron chi connectivity index (χ2n) is 4.61. The molecule has 0 radical (unpaired) electrons. The summed E-state index contributed by atoms with van der Waals surface area (Å²) in [5.41, 5.74) is 4.49. The van der Waals surface area contributed by atoms with Gasteiger partial charge >= 0.3 is 0 Å². The Balaban J connectivity index is 2.14. The van der Waals surface area contributed by atoms with Crippen LogP contribution >= 0.6 is 0 Å². The fourth-order valence-electron chi connectivity index (χ4n) is 1.93. The fourth-order valence-corrected chi connectivity index (χ4v) is 1.93. The Morgan fingerprint density at radius 1 is 1.25 bits per heavy atom. The third-order valence-electron chi connectivity index (χ3n) is 3.02. The van der Waals surface area contributed by atoms with Gasteiger partial charge in [-0.3, -0.25) is 0 Å². The van der Waals surface area contributed by atoms with Crippen LogP contribution in [0.4, 0.5) is 11.6 Å². The molecule has 20 heavy (non-hydrogen) atoms. The molecule has 108 valence electrons. The number of aromatic nitrogens is 3. The molecule has 0 bridgehead atoms.